The summed E-state index contributed by atoms with van der Waals surface area (Å²) < 4.78 is 4.85. The molecule has 0 saturated carbocycles. The third-order valence-corrected chi connectivity index (χ3v) is 3.37. The standard InChI is InChI=1S/C14H20Cl2N2O3/c1-18(8-11(19)9-21-2)6-5-14(20)17-13-7-10(15)3-4-12(13)16/h3-4,7,11,19H,5-6,8-9H2,1-2H3,(H,17,20). The summed E-state index contributed by atoms with van der Waals surface area (Å²) in [6, 6.07) is 4.89. The van der Waals surface area contributed by atoms with Crippen LogP contribution in [0.25, 0.3) is 0 Å². The van der Waals surface area contributed by atoms with Gasteiger partial charge in [-0.2, -0.15) is 0 Å². The van der Waals surface area contributed by atoms with E-state index in [1.807, 2.05) is 11.9 Å². The van der Waals surface area contributed by atoms with Crippen molar-refractivity contribution in [3.05, 3.63) is 28.2 Å². The number of hydrogen-bond acceptors (Lipinski definition) is 4. The van der Waals surface area contributed by atoms with Crippen molar-refractivity contribution in [1.82, 2.24) is 4.90 Å². The first-order valence-electron chi connectivity index (χ1n) is 6.52. The molecule has 0 aliphatic carbocycles. The van der Waals surface area contributed by atoms with Gasteiger partial charge in [0.2, 0.25) is 5.91 Å². The molecule has 1 unspecified atom stereocenters. The van der Waals surface area contributed by atoms with Gasteiger partial charge in [0.1, 0.15) is 0 Å². The summed E-state index contributed by atoms with van der Waals surface area (Å²) in [5, 5.41) is 13.3. The third kappa shape index (κ3) is 7.11. The van der Waals surface area contributed by atoms with Crippen LogP contribution in [0.1, 0.15) is 6.42 Å². The normalized spacial score (nSPS) is 12.5. The molecule has 1 aromatic rings. The van der Waals surface area contributed by atoms with E-state index in [0.29, 0.717) is 35.2 Å². The number of benzene rings is 1. The Bertz CT molecular complexity index is 472. The third-order valence-electron chi connectivity index (χ3n) is 2.80. The summed E-state index contributed by atoms with van der Waals surface area (Å²) >= 11 is 11.8. The Morgan fingerprint density at radius 3 is 2.86 bits per heavy atom. The lowest BCUT2D eigenvalue weighted by atomic mass is 10.3. The molecule has 21 heavy (non-hydrogen) atoms. The van der Waals surface area contributed by atoms with Gasteiger partial charge in [0.25, 0.3) is 0 Å². The Hall–Kier alpha value is -0.850. The molecule has 0 radical (unpaired) electrons. The smallest absolute Gasteiger partial charge is 0.225 e. The van der Waals surface area contributed by atoms with Gasteiger partial charge in [-0.25, -0.2) is 0 Å². The molecule has 1 aromatic carbocycles. The molecule has 0 aromatic heterocycles. The fraction of sp³-hybridized carbons (Fsp3) is 0.500. The van der Waals surface area contributed by atoms with Gasteiger partial charge in [0, 0.05) is 31.6 Å². The van der Waals surface area contributed by atoms with Crippen LogP contribution in [0.2, 0.25) is 10.0 Å². The van der Waals surface area contributed by atoms with Crippen molar-refractivity contribution in [2.24, 2.45) is 0 Å². The number of nitrogens with zero attached hydrogens (tertiary/aromatic N) is 1. The van der Waals surface area contributed by atoms with Gasteiger partial charge in [-0.1, -0.05) is 23.2 Å². The minimum Gasteiger partial charge on any atom is -0.389 e. The number of hydrogen-bond donors (Lipinski definition) is 2. The van der Waals surface area contributed by atoms with E-state index in [0.717, 1.165) is 0 Å². The zero-order chi connectivity index (χ0) is 15.8. The first-order valence-corrected chi connectivity index (χ1v) is 7.28. The van der Waals surface area contributed by atoms with Crippen molar-refractivity contribution in [3.8, 4) is 0 Å². The largest absolute Gasteiger partial charge is 0.389 e. The fourth-order valence-corrected chi connectivity index (χ4v) is 2.13. The summed E-state index contributed by atoms with van der Waals surface area (Å²) in [5.41, 5.74) is 0.497. The number of amides is 1. The first-order chi connectivity index (χ1) is 9.92. The molecular weight excluding hydrogens is 315 g/mol. The van der Waals surface area contributed by atoms with Crippen molar-refractivity contribution in [2.45, 2.75) is 12.5 Å². The molecule has 0 heterocycles. The van der Waals surface area contributed by atoms with E-state index in [1.165, 1.54) is 7.11 Å². The van der Waals surface area contributed by atoms with E-state index in [-0.39, 0.29) is 12.5 Å². The van der Waals surface area contributed by atoms with Crippen LogP contribution in [-0.2, 0) is 9.53 Å². The lowest BCUT2D eigenvalue weighted by Gasteiger charge is -2.19. The predicted octanol–water partition coefficient (Wildman–Crippen LogP) is 2.26. The molecule has 0 bridgehead atoms. The van der Waals surface area contributed by atoms with Crippen molar-refractivity contribution in [2.75, 3.05) is 39.2 Å². The highest BCUT2D eigenvalue weighted by Crippen LogP contribution is 2.25. The zero-order valence-electron chi connectivity index (χ0n) is 12.1. The fourth-order valence-electron chi connectivity index (χ4n) is 1.79. The van der Waals surface area contributed by atoms with Gasteiger partial charge in [-0.15, -0.1) is 0 Å². The average molecular weight is 335 g/mol. The molecule has 1 rings (SSSR count). The van der Waals surface area contributed by atoms with Crippen LogP contribution in [0.3, 0.4) is 0 Å². The molecule has 0 aliphatic rings. The second-order valence-electron chi connectivity index (χ2n) is 4.79. The number of halogens is 2. The summed E-state index contributed by atoms with van der Waals surface area (Å²) in [6.45, 7) is 1.23. The zero-order valence-corrected chi connectivity index (χ0v) is 13.6. The van der Waals surface area contributed by atoms with Gasteiger partial charge >= 0.3 is 0 Å². The maximum Gasteiger partial charge on any atom is 0.225 e. The molecule has 118 valence electrons. The highest BCUT2D eigenvalue weighted by Gasteiger charge is 2.11. The van der Waals surface area contributed by atoms with Crippen LogP contribution in [0.15, 0.2) is 18.2 Å². The van der Waals surface area contributed by atoms with Gasteiger partial charge in [0.15, 0.2) is 0 Å². The van der Waals surface area contributed by atoms with E-state index in [4.69, 9.17) is 27.9 Å². The second-order valence-corrected chi connectivity index (χ2v) is 5.64. The summed E-state index contributed by atoms with van der Waals surface area (Å²) in [5.74, 6) is -0.160. The molecule has 1 atom stereocenters. The maximum absolute atomic E-state index is 11.9. The Labute approximate surface area is 134 Å². The van der Waals surface area contributed by atoms with Gasteiger partial charge < -0.3 is 20.1 Å². The highest BCUT2D eigenvalue weighted by molar-refractivity contribution is 6.35. The second kappa shape index (κ2) is 9.23. The molecule has 2 N–H and O–H groups in total. The number of likely N-dealkylation sites (N-methyl/N-ethyl adjacent to an activating group) is 1. The van der Waals surface area contributed by atoms with Gasteiger partial charge in [0.05, 0.1) is 23.4 Å². The van der Waals surface area contributed by atoms with Crippen molar-refractivity contribution in [1.29, 1.82) is 0 Å². The maximum atomic E-state index is 11.9. The Morgan fingerprint density at radius 2 is 2.19 bits per heavy atom. The molecule has 0 spiro atoms. The van der Waals surface area contributed by atoms with Crippen LogP contribution in [0.4, 0.5) is 5.69 Å². The average Bonchev–Trinajstić information content (AvgIpc) is 2.41. The van der Waals surface area contributed by atoms with E-state index in [2.05, 4.69) is 5.32 Å². The number of methoxy groups -OCH3 is 1. The molecule has 0 aliphatic heterocycles. The monoisotopic (exact) mass is 334 g/mol. The first kappa shape index (κ1) is 18.2. The molecule has 0 saturated heterocycles. The number of ether oxygens (including phenoxy) is 1. The Kier molecular flexibility index (Phi) is 8.00. The van der Waals surface area contributed by atoms with Crippen molar-refractivity contribution < 1.29 is 14.6 Å². The Balaban J connectivity index is 2.38. The molecule has 1 amide bonds. The number of aliphatic hydroxyl groups is 1. The molecule has 5 nitrogen and oxygen atoms in total. The van der Waals surface area contributed by atoms with E-state index in [1.54, 1.807) is 18.2 Å². The van der Waals surface area contributed by atoms with E-state index >= 15 is 0 Å². The van der Waals surface area contributed by atoms with Gasteiger partial charge in [-0.05, 0) is 25.2 Å². The number of nitrogens with one attached hydrogen (secondary N) is 1. The van der Waals surface area contributed by atoms with Crippen LogP contribution in [0, 0.1) is 0 Å². The number of carbonyl (C=O) groups excluding carboxylic acids is 1. The molecule has 7 heteroatoms. The number of anilines is 1. The minimum atomic E-state index is -0.564. The summed E-state index contributed by atoms with van der Waals surface area (Å²) in [4.78, 5) is 13.7. The van der Waals surface area contributed by atoms with Crippen LogP contribution in [-0.4, -0.2) is 55.9 Å². The van der Waals surface area contributed by atoms with Crippen molar-refractivity contribution >= 4 is 34.8 Å². The molecule has 0 fully saturated rings. The predicted molar refractivity (Wildman–Crippen MR) is 85.1 cm³/mol. The quantitative estimate of drug-likeness (QED) is 0.765. The van der Waals surface area contributed by atoms with Crippen LogP contribution < -0.4 is 5.32 Å². The van der Waals surface area contributed by atoms with Gasteiger partial charge in [-0.3, -0.25) is 4.79 Å². The molecular formula is C14H20Cl2N2O3. The SMILES string of the molecule is COCC(O)CN(C)CCC(=O)Nc1cc(Cl)ccc1Cl. The topological polar surface area (TPSA) is 61.8 Å². The minimum absolute atomic E-state index is 0.160. The van der Waals surface area contributed by atoms with Crippen LogP contribution >= 0.6 is 23.2 Å². The van der Waals surface area contributed by atoms with Crippen molar-refractivity contribution in [3.63, 3.8) is 0 Å². The number of carbonyl (C=O) groups is 1. The lowest BCUT2D eigenvalue weighted by molar-refractivity contribution is -0.116. The lowest BCUT2D eigenvalue weighted by Crippen LogP contribution is -2.33. The number of aliphatic hydroxyl groups excluding tert-OH is 1. The Morgan fingerprint density at radius 1 is 1.48 bits per heavy atom. The highest BCUT2D eigenvalue weighted by atomic mass is 35.5. The summed E-state index contributed by atoms with van der Waals surface area (Å²) in [6.07, 6.45) is -0.274. The number of rotatable bonds is 8. The van der Waals surface area contributed by atoms with Crippen LogP contribution in [0.5, 0.6) is 0 Å². The summed E-state index contributed by atoms with van der Waals surface area (Å²) in [7, 11) is 3.37. The van der Waals surface area contributed by atoms with E-state index in [9.17, 15) is 9.90 Å². The van der Waals surface area contributed by atoms with E-state index < -0.39 is 6.10 Å².